The van der Waals surface area contributed by atoms with Gasteiger partial charge >= 0.3 is 0 Å². The second-order valence-corrected chi connectivity index (χ2v) is 11.5. The summed E-state index contributed by atoms with van der Waals surface area (Å²) < 4.78 is 40.8. The fraction of sp³-hybridized carbons (Fsp3) is 0.480. The van der Waals surface area contributed by atoms with Gasteiger partial charge in [0.25, 0.3) is 0 Å². The molecule has 1 aliphatic rings. The van der Waals surface area contributed by atoms with Gasteiger partial charge in [-0.1, -0.05) is 55.1 Å². The highest BCUT2D eigenvalue weighted by molar-refractivity contribution is 7.89. The number of piperazine rings is 1. The lowest BCUT2D eigenvalue weighted by Gasteiger charge is -2.35. The van der Waals surface area contributed by atoms with Gasteiger partial charge in [-0.25, -0.2) is 12.8 Å². The fourth-order valence-electron chi connectivity index (χ4n) is 4.06. The predicted octanol–water partition coefficient (Wildman–Crippen LogP) is 5.05. The van der Waals surface area contributed by atoms with Crippen LogP contribution in [0.5, 0.6) is 0 Å². The monoisotopic (exact) mass is 543 g/mol. The van der Waals surface area contributed by atoms with Crippen LogP contribution in [0.15, 0.2) is 47.4 Å². The van der Waals surface area contributed by atoms with E-state index in [-0.39, 0.29) is 21.6 Å². The van der Waals surface area contributed by atoms with Gasteiger partial charge in [0.2, 0.25) is 15.9 Å². The number of halogens is 3. The molecule has 2 aromatic rings. The predicted molar refractivity (Wildman–Crippen MR) is 138 cm³/mol. The second-order valence-electron chi connectivity index (χ2n) is 8.72. The Bertz CT molecular complexity index is 1090. The highest BCUT2D eigenvalue weighted by atomic mass is 35.5. The van der Waals surface area contributed by atoms with E-state index in [0.717, 1.165) is 24.8 Å². The Balaban J connectivity index is 1.58. The first-order valence-corrected chi connectivity index (χ1v) is 14.1. The average Bonchev–Trinajstić information content (AvgIpc) is 2.84. The molecule has 192 valence electrons. The maximum Gasteiger partial charge on any atom is 0.244 e. The quantitative estimate of drug-likeness (QED) is 0.372. The molecule has 0 spiro atoms. The van der Waals surface area contributed by atoms with E-state index in [9.17, 15) is 17.6 Å². The molecule has 10 heteroatoms. The Morgan fingerprint density at radius 1 is 1.03 bits per heavy atom. The number of benzene rings is 2. The minimum absolute atomic E-state index is 0.0169. The van der Waals surface area contributed by atoms with Crippen molar-refractivity contribution >= 4 is 39.1 Å². The molecule has 6 nitrogen and oxygen atoms in total. The number of sulfonamides is 1. The number of hydrogen-bond donors (Lipinski definition) is 0. The molecule has 0 atom stereocenters. The van der Waals surface area contributed by atoms with Gasteiger partial charge in [0, 0.05) is 57.3 Å². The SMILES string of the molecule is CCCCCC(=O)N(CCN1CCN(S(=O)(=O)c2cc(Cl)ccc2Cl)CC1)Cc1ccc(F)cc1. The maximum absolute atomic E-state index is 13.3. The van der Waals surface area contributed by atoms with E-state index in [1.54, 1.807) is 18.2 Å². The molecule has 0 N–H and O–H groups in total. The van der Waals surface area contributed by atoms with Crippen LogP contribution in [-0.2, 0) is 21.4 Å². The number of hydrogen-bond acceptors (Lipinski definition) is 4. The lowest BCUT2D eigenvalue weighted by molar-refractivity contribution is -0.132. The largest absolute Gasteiger partial charge is 0.337 e. The summed E-state index contributed by atoms with van der Waals surface area (Å²) in [6, 6.07) is 10.6. The van der Waals surface area contributed by atoms with Gasteiger partial charge in [0.1, 0.15) is 10.7 Å². The van der Waals surface area contributed by atoms with Gasteiger partial charge < -0.3 is 4.90 Å². The molecule has 0 aliphatic carbocycles. The molecule has 0 saturated carbocycles. The number of carbonyl (C=O) groups excluding carboxylic acids is 1. The molecule has 3 rings (SSSR count). The summed E-state index contributed by atoms with van der Waals surface area (Å²) in [4.78, 5) is 16.9. The molecule has 0 unspecified atom stereocenters. The molecule has 1 fully saturated rings. The van der Waals surface area contributed by atoms with Crippen LogP contribution in [0.3, 0.4) is 0 Å². The zero-order valence-electron chi connectivity index (χ0n) is 19.9. The zero-order chi connectivity index (χ0) is 25.4. The van der Waals surface area contributed by atoms with Gasteiger partial charge in [-0.05, 0) is 42.3 Å². The number of unbranched alkanes of at least 4 members (excludes halogenated alkanes) is 2. The molecule has 0 radical (unpaired) electrons. The minimum atomic E-state index is -3.75. The lowest BCUT2D eigenvalue weighted by Crippen LogP contribution is -2.50. The molecule has 2 aromatic carbocycles. The smallest absolute Gasteiger partial charge is 0.244 e. The first-order chi connectivity index (χ1) is 16.7. The van der Waals surface area contributed by atoms with Crippen LogP contribution in [0.1, 0.15) is 38.2 Å². The van der Waals surface area contributed by atoms with Crippen LogP contribution in [0.2, 0.25) is 10.0 Å². The Morgan fingerprint density at radius 3 is 2.37 bits per heavy atom. The average molecular weight is 545 g/mol. The van der Waals surface area contributed by atoms with Gasteiger partial charge in [-0.3, -0.25) is 9.69 Å². The van der Waals surface area contributed by atoms with E-state index in [2.05, 4.69) is 11.8 Å². The molecule has 0 aromatic heterocycles. The summed E-state index contributed by atoms with van der Waals surface area (Å²) in [7, 11) is -3.75. The van der Waals surface area contributed by atoms with Crippen LogP contribution < -0.4 is 0 Å². The highest BCUT2D eigenvalue weighted by Crippen LogP contribution is 2.28. The fourth-order valence-corrected chi connectivity index (χ4v) is 6.22. The molecule has 1 heterocycles. The summed E-state index contributed by atoms with van der Waals surface area (Å²) in [5, 5.41) is 0.464. The first kappa shape index (κ1) is 27.9. The third-order valence-electron chi connectivity index (χ3n) is 6.16. The van der Waals surface area contributed by atoms with Crippen molar-refractivity contribution in [2.24, 2.45) is 0 Å². The maximum atomic E-state index is 13.3. The third kappa shape index (κ3) is 7.89. The van der Waals surface area contributed by atoms with Crippen molar-refractivity contribution in [2.75, 3.05) is 39.3 Å². The lowest BCUT2D eigenvalue weighted by atomic mass is 10.1. The normalized spacial score (nSPS) is 15.3. The van der Waals surface area contributed by atoms with E-state index < -0.39 is 10.0 Å². The molecule has 35 heavy (non-hydrogen) atoms. The Hall–Kier alpha value is -1.71. The summed E-state index contributed by atoms with van der Waals surface area (Å²) in [5.74, 6) is -0.221. The molecule has 1 saturated heterocycles. The summed E-state index contributed by atoms with van der Waals surface area (Å²) in [6.07, 6.45) is 3.38. The number of amides is 1. The van der Waals surface area contributed by atoms with Crippen LogP contribution >= 0.6 is 23.2 Å². The van der Waals surface area contributed by atoms with Gasteiger partial charge in [0.15, 0.2) is 0 Å². The Labute approximate surface area is 217 Å². The Kier molecular flexibility index (Phi) is 10.4. The molecule has 1 amide bonds. The van der Waals surface area contributed by atoms with Crippen molar-refractivity contribution in [1.29, 1.82) is 0 Å². The van der Waals surface area contributed by atoms with Crippen molar-refractivity contribution in [3.05, 3.63) is 63.9 Å². The van der Waals surface area contributed by atoms with E-state index >= 15 is 0 Å². The first-order valence-electron chi connectivity index (χ1n) is 11.9. The van der Waals surface area contributed by atoms with Crippen LogP contribution in [0.25, 0.3) is 0 Å². The van der Waals surface area contributed by atoms with E-state index in [0.29, 0.717) is 57.3 Å². The molecular formula is C25H32Cl2FN3O3S. The summed E-state index contributed by atoms with van der Waals surface area (Å²) >= 11 is 12.1. The van der Waals surface area contributed by atoms with Crippen molar-refractivity contribution in [1.82, 2.24) is 14.1 Å². The Morgan fingerprint density at radius 2 is 1.71 bits per heavy atom. The van der Waals surface area contributed by atoms with Crippen LogP contribution in [0.4, 0.5) is 4.39 Å². The highest BCUT2D eigenvalue weighted by Gasteiger charge is 2.30. The molecular weight excluding hydrogens is 512 g/mol. The van der Waals surface area contributed by atoms with Gasteiger partial charge in [-0.2, -0.15) is 4.31 Å². The van der Waals surface area contributed by atoms with Crippen LogP contribution in [0, 0.1) is 5.82 Å². The molecule has 1 aliphatic heterocycles. The zero-order valence-corrected chi connectivity index (χ0v) is 22.3. The van der Waals surface area contributed by atoms with Crippen molar-refractivity contribution in [3.8, 4) is 0 Å². The van der Waals surface area contributed by atoms with E-state index in [4.69, 9.17) is 23.2 Å². The molecule has 0 bridgehead atoms. The van der Waals surface area contributed by atoms with Gasteiger partial charge in [0.05, 0.1) is 5.02 Å². The standard InChI is InChI=1S/C25H32Cl2FN3O3S/c1-2-3-4-5-25(32)30(19-20-6-9-22(28)10-7-20)15-12-29-13-16-31(17-14-29)35(33,34)24-18-21(26)8-11-23(24)27/h6-11,18H,2-5,12-17,19H2,1H3. The van der Waals surface area contributed by atoms with E-state index in [1.165, 1.54) is 28.6 Å². The van der Waals surface area contributed by atoms with E-state index in [1.807, 2.05) is 4.90 Å². The number of rotatable bonds is 11. The van der Waals surface area contributed by atoms with Crippen molar-refractivity contribution in [3.63, 3.8) is 0 Å². The number of nitrogens with zero attached hydrogens (tertiary/aromatic N) is 3. The summed E-state index contributed by atoms with van der Waals surface area (Å²) in [6.45, 7) is 5.42. The topological polar surface area (TPSA) is 60.9 Å². The third-order valence-corrected chi connectivity index (χ3v) is 8.78. The number of carbonyl (C=O) groups is 1. The second kappa shape index (κ2) is 13.0. The van der Waals surface area contributed by atoms with Gasteiger partial charge in [-0.15, -0.1) is 0 Å². The van der Waals surface area contributed by atoms with Crippen molar-refractivity contribution in [2.45, 2.75) is 44.0 Å². The van der Waals surface area contributed by atoms with Crippen molar-refractivity contribution < 1.29 is 17.6 Å². The minimum Gasteiger partial charge on any atom is -0.337 e. The summed E-state index contributed by atoms with van der Waals surface area (Å²) in [5.41, 5.74) is 0.879. The van der Waals surface area contributed by atoms with Crippen LogP contribution in [-0.4, -0.2) is 67.7 Å².